The van der Waals surface area contributed by atoms with Crippen molar-refractivity contribution >= 4 is 24.2 Å². The monoisotopic (exact) mass is 369 g/mol. The van der Waals surface area contributed by atoms with E-state index < -0.39 is 0 Å². The van der Waals surface area contributed by atoms with E-state index in [1.165, 1.54) is 0 Å². The molecule has 1 aromatic carbocycles. The third-order valence-corrected chi connectivity index (χ3v) is 4.41. The van der Waals surface area contributed by atoms with Gasteiger partial charge in [0.15, 0.2) is 11.5 Å². The van der Waals surface area contributed by atoms with E-state index in [1.54, 1.807) is 18.2 Å². The number of likely N-dealkylation sites (tertiary alicyclic amines) is 1. The van der Waals surface area contributed by atoms with Crippen molar-refractivity contribution in [2.45, 2.75) is 31.7 Å². The van der Waals surface area contributed by atoms with Gasteiger partial charge in [-0.3, -0.25) is 9.59 Å². The van der Waals surface area contributed by atoms with Crippen molar-refractivity contribution in [2.24, 2.45) is 5.73 Å². The molecule has 0 spiro atoms. The zero-order valence-corrected chi connectivity index (χ0v) is 14.8. The molecule has 0 aliphatic carbocycles. The van der Waals surface area contributed by atoms with Crippen LogP contribution in [0.15, 0.2) is 18.2 Å². The summed E-state index contributed by atoms with van der Waals surface area (Å²) in [6.45, 7) is 1.68. The maximum atomic E-state index is 12.9. The zero-order chi connectivity index (χ0) is 16.9. The van der Waals surface area contributed by atoms with Crippen LogP contribution < -0.4 is 20.5 Å². The molecule has 1 unspecified atom stereocenters. The second-order valence-corrected chi connectivity index (χ2v) is 6.06. The predicted octanol–water partition coefficient (Wildman–Crippen LogP) is 1.30. The van der Waals surface area contributed by atoms with Gasteiger partial charge in [-0.2, -0.15) is 0 Å². The number of halogens is 1. The topological polar surface area (TPSA) is 93.9 Å². The second kappa shape index (κ2) is 8.92. The number of benzene rings is 1. The van der Waals surface area contributed by atoms with Crippen molar-refractivity contribution in [3.63, 3.8) is 0 Å². The lowest BCUT2D eigenvalue weighted by Gasteiger charge is -2.36. The van der Waals surface area contributed by atoms with Crippen LogP contribution in [-0.4, -0.2) is 49.2 Å². The number of carbonyl (C=O) groups is 2. The van der Waals surface area contributed by atoms with E-state index in [0.29, 0.717) is 43.1 Å². The molecule has 0 radical (unpaired) electrons. The van der Waals surface area contributed by atoms with Crippen LogP contribution >= 0.6 is 12.4 Å². The van der Waals surface area contributed by atoms with Gasteiger partial charge in [-0.25, -0.2) is 0 Å². The fourth-order valence-corrected chi connectivity index (χ4v) is 3.13. The Labute approximate surface area is 153 Å². The Morgan fingerprint density at radius 3 is 2.84 bits per heavy atom. The number of fused-ring (bicyclic) bond motifs is 1. The smallest absolute Gasteiger partial charge is 0.254 e. The van der Waals surface area contributed by atoms with Gasteiger partial charge >= 0.3 is 0 Å². The summed E-state index contributed by atoms with van der Waals surface area (Å²) in [4.78, 5) is 26.4. The SMILES string of the molecule is Cl.NCCC(=O)NCC1CCCCN1C(=O)c1ccc2c(c1)OCO2. The highest BCUT2D eigenvalue weighted by Crippen LogP contribution is 2.33. The summed E-state index contributed by atoms with van der Waals surface area (Å²) in [6.07, 6.45) is 3.23. The van der Waals surface area contributed by atoms with Crippen molar-refractivity contribution in [2.75, 3.05) is 26.4 Å². The Morgan fingerprint density at radius 1 is 1.24 bits per heavy atom. The quantitative estimate of drug-likeness (QED) is 0.815. The van der Waals surface area contributed by atoms with E-state index in [0.717, 1.165) is 19.3 Å². The predicted molar refractivity (Wildman–Crippen MR) is 95.2 cm³/mol. The van der Waals surface area contributed by atoms with Crippen LogP contribution in [-0.2, 0) is 4.79 Å². The number of rotatable bonds is 5. The Hall–Kier alpha value is -1.99. The van der Waals surface area contributed by atoms with Crippen molar-refractivity contribution < 1.29 is 19.1 Å². The highest BCUT2D eigenvalue weighted by atomic mass is 35.5. The van der Waals surface area contributed by atoms with Crippen LogP contribution in [0.25, 0.3) is 0 Å². The Bertz CT molecular complexity index is 626. The summed E-state index contributed by atoms with van der Waals surface area (Å²) in [5.41, 5.74) is 5.97. The number of carbonyl (C=O) groups excluding carboxylic acids is 2. The number of hydrogen-bond acceptors (Lipinski definition) is 5. The summed E-state index contributed by atoms with van der Waals surface area (Å²) >= 11 is 0. The highest BCUT2D eigenvalue weighted by molar-refractivity contribution is 5.95. The maximum absolute atomic E-state index is 12.9. The molecule has 2 aliphatic heterocycles. The molecular formula is C17H24ClN3O4. The van der Waals surface area contributed by atoms with Gasteiger partial charge < -0.3 is 25.4 Å². The molecule has 1 atom stereocenters. The molecule has 0 aromatic heterocycles. The van der Waals surface area contributed by atoms with E-state index in [-0.39, 0.29) is 37.1 Å². The molecule has 1 aromatic rings. The number of nitrogens with two attached hydrogens (primary N) is 1. The summed E-state index contributed by atoms with van der Waals surface area (Å²) in [7, 11) is 0. The summed E-state index contributed by atoms with van der Waals surface area (Å²) in [5.74, 6) is 1.16. The molecule has 2 aliphatic rings. The van der Waals surface area contributed by atoms with Crippen molar-refractivity contribution in [1.29, 1.82) is 0 Å². The van der Waals surface area contributed by atoms with Crippen LogP contribution in [0.3, 0.4) is 0 Å². The third kappa shape index (κ3) is 4.55. The summed E-state index contributed by atoms with van der Waals surface area (Å²) in [6, 6.07) is 5.26. The van der Waals surface area contributed by atoms with Crippen molar-refractivity contribution in [1.82, 2.24) is 10.2 Å². The number of nitrogens with zero attached hydrogens (tertiary/aromatic N) is 1. The van der Waals surface area contributed by atoms with Crippen molar-refractivity contribution in [3.05, 3.63) is 23.8 Å². The molecule has 0 saturated carbocycles. The molecule has 8 heteroatoms. The lowest BCUT2D eigenvalue weighted by atomic mass is 10.0. The first-order chi connectivity index (χ1) is 11.7. The van der Waals surface area contributed by atoms with Gasteiger partial charge in [0.25, 0.3) is 5.91 Å². The molecule has 25 heavy (non-hydrogen) atoms. The van der Waals surface area contributed by atoms with Gasteiger partial charge in [0.05, 0.1) is 0 Å². The number of nitrogens with one attached hydrogen (secondary N) is 1. The maximum Gasteiger partial charge on any atom is 0.254 e. The lowest BCUT2D eigenvalue weighted by molar-refractivity contribution is -0.121. The van der Waals surface area contributed by atoms with E-state index in [2.05, 4.69) is 5.32 Å². The Balaban J connectivity index is 0.00000225. The zero-order valence-electron chi connectivity index (χ0n) is 14.0. The average molecular weight is 370 g/mol. The number of ether oxygens (including phenoxy) is 2. The first-order valence-corrected chi connectivity index (χ1v) is 8.36. The highest BCUT2D eigenvalue weighted by Gasteiger charge is 2.28. The molecule has 2 amide bonds. The average Bonchev–Trinajstić information content (AvgIpc) is 3.07. The van der Waals surface area contributed by atoms with Crippen molar-refractivity contribution in [3.8, 4) is 11.5 Å². The summed E-state index contributed by atoms with van der Waals surface area (Å²) < 4.78 is 10.6. The van der Waals surface area contributed by atoms with E-state index >= 15 is 0 Å². The van der Waals surface area contributed by atoms with Gasteiger partial charge in [-0.1, -0.05) is 0 Å². The van der Waals surface area contributed by atoms with Gasteiger partial charge in [-0.15, -0.1) is 12.4 Å². The Morgan fingerprint density at radius 2 is 2.04 bits per heavy atom. The van der Waals surface area contributed by atoms with E-state index in [1.807, 2.05) is 4.90 Å². The normalized spacial score (nSPS) is 18.4. The first kappa shape index (κ1) is 19.3. The molecule has 1 saturated heterocycles. The molecule has 3 rings (SSSR count). The minimum absolute atomic E-state index is 0. The Kier molecular flexibility index (Phi) is 6.90. The van der Waals surface area contributed by atoms with E-state index in [9.17, 15) is 9.59 Å². The number of amides is 2. The molecular weight excluding hydrogens is 346 g/mol. The minimum atomic E-state index is -0.0708. The van der Waals surface area contributed by atoms with Crippen LogP contribution in [0.5, 0.6) is 11.5 Å². The van der Waals surface area contributed by atoms with Crippen LogP contribution in [0.4, 0.5) is 0 Å². The number of hydrogen-bond donors (Lipinski definition) is 2. The van der Waals surface area contributed by atoms with Crippen LogP contribution in [0.1, 0.15) is 36.0 Å². The van der Waals surface area contributed by atoms with Gasteiger partial charge in [0.2, 0.25) is 12.7 Å². The fraction of sp³-hybridized carbons (Fsp3) is 0.529. The molecule has 1 fully saturated rings. The molecule has 138 valence electrons. The second-order valence-electron chi connectivity index (χ2n) is 6.06. The largest absolute Gasteiger partial charge is 0.454 e. The van der Waals surface area contributed by atoms with Gasteiger partial charge in [0, 0.05) is 37.7 Å². The fourth-order valence-electron chi connectivity index (χ4n) is 3.13. The van der Waals surface area contributed by atoms with Gasteiger partial charge in [-0.05, 0) is 37.5 Å². The molecule has 0 bridgehead atoms. The molecule has 3 N–H and O–H groups in total. The third-order valence-electron chi connectivity index (χ3n) is 4.41. The van der Waals surface area contributed by atoms with Crippen LogP contribution in [0.2, 0.25) is 0 Å². The van der Waals surface area contributed by atoms with E-state index in [4.69, 9.17) is 15.2 Å². The lowest BCUT2D eigenvalue weighted by Crippen LogP contribution is -2.49. The van der Waals surface area contributed by atoms with Crippen LogP contribution in [0, 0.1) is 0 Å². The standard InChI is InChI=1S/C17H23N3O4.ClH/c18-7-6-16(21)19-10-13-3-1-2-8-20(13)17(22)12-4-5-14-15(9-12)24-11-23-14;/h4-5,9,13H,1-3,6-8,10-11,18H2,(H,19,21);1H. The molecule has 2 heterocycles. The number of piperidine rings is 1. The first-order valence-electron chi connectivity index (χ1n) is 8.36. The summed E-state index contributed by atoms with van der Waals surface area (Å²) in [5, 5.41) is 2.87. The minimum Gasteiger partial charge on any atom is -0.454 e. The molecule has 7 nitrogen and oxygen atoms in total. The van der Waals surface area contributed by atoms with Gasteiger partial charge in [0.1, 0.15) is 0 Å².